The van der Waals surface area contributed by atoms with Crippen molar-refractivity contribution >= 4 is 34.9 Å². The second-order valence-electron chi connectivity index (χ2n) is 5.01. The highest BCUT2D eigenvalue weighted by Crippen LogP contribution is 2.23. The minimum atomic E-state index is 0.390. The van der Waals surface area contributed by atoms with E-state index < -0.39 is 0 Å². The maximum atomic E-state index is 6.09. The van der Waals surface area contributed by atoms with E-state index in [1.807, 2.05) is 24.3 Å². The molecule has 2 aromatic carbocycles. The molecule has 0 saturated carbocycles. The first kappa shape index (κ1) is 13.4. The molecule has 1 aromatic heterocycles. The van der Waals surface area contributed by atoms with Crippen LogP contribution in [-0.2, 0) is 6.54 Å². The number of hydrogen-bond acceptors (Lipinski definition) is 1. The Balaban J connectivity index is 2.00. The molecule has 1 heterocycles. The Labute approximate surface area is 128 Å². The number of fused-ring (bicyclic) bond motifs is 1. The van der Waals surface area contributed by atoms with Gasteiger partial charge >= 0.3 is 0 Å². The minimum Gasteiger partial charge on any atom is -0.331 e. The molecule has 102 valence electrons. The summed E-state index contributed by atoms with van der Waals surface area (Å²) in [6.45, 7) is 3.05. The molecule has 3 rings (SSSR count). The van der Waals surface area contributed by atoms with E-state index in [1.54, 1.807) is 0 Å². The van der Waals surface area contributed by atoms with Gasteiger partial charge in [0, 0.05) is 11.6 Å². The van der Waals surface area contributed by atoms with Gasteiger partial charge < -0.3 is 9.55 Å². The van der Waals surface area contributed by atoms with E-state index in [0.29, 0.717) is 5.92 Å². The third-order valence-electron chi connectivity index (χ3n) is 3.56. The van der Waals surface area contributed by atoms with Gasteiger partial charge in [-0.05, 0) is 41.9 Å². The van der Waals surface area contributed by atoms with Gasteiger partial charge in [0.1, 0.15) is 0 Å². The zero-order valence-corrected chi connectivity index (χ0v) is 12.7. The number of benzene rings is 2. The molecule has 3 aromatic rings. The van der Waals surface area contributed by atoms with Crippen molar-refractivity contribution in [3.63, 3.8) is 0 Å². The number of halogens is 1. The van der Waals surface area contributed by atoms with Crippen molar-refractivity contribution in [3.8, 4) is 0 Å². The molecule has 0 fully saturated rings. The van der Waals surface area contributed by atoms with E-state index in [0.717, 1.165) is 27.4 Å². The van der Waals surface area contributed by atoms with E-state index in [4.69, 9.17) is 23.8 Å². The van der Waals surface area contributed by atoms with E-state index in [1.165, 1.54) is 5.56 Å². The molecular formula is C16H15ClN2S. The molecule has 0 amide bonds. The van der Waals surface area contributed by atoms with Crippen molar-refractivity contribution in [1.29, 1.82) is 0 Å². The van der Waals surface area contributed by atoms with Crippen LogP contribution in [0.4, 0.5) is 0 Å². The number of aromatic amines is 1. The number of H-pyrrole nitrogens is 1. The molecule has 0 radical (unpaired) electrons. The molecule has 0 aliphatic rings. The van der Waals surface area contributed by atoms with Crippen LogP contribution in [-0.4, -0.2) is 9.55 Å². The highest BCUT2D eigenvalue weighted by atomic mass is 35.5. The molecule has 0 aliphatic carbocycles. The fourth-order valence-electron chi connectivity index (χ4n) is 2.47. The summed E-state index contributed by atoms with van der Waals surface area (Å²) in [5, 5.41) is 0.729. The molecule has 0 bridgehead atoms. The third-order valence-corrected chi connectivity index (χ3v) is 4.12. The molecule has 1 N–H and O–H groups in total. The Morgan fingerprint density at radius 2 is 1.95 bits per heavy atom. The number of nitrogens with zero attached hydrogens (tertiary/aromatic N) is 1. The summed E-state index contributed by atoms with van der Waals surface area (Å²) in [5.74, 6) is 0.390. The van der Waals surface area contributed by atoms with Crippen LogP contribution in [0.1, 0.15) is 18.4 Å². The van der Waals surface area contributed by atoms with Gasteiger partial charge in [-0.25, -0.2) is 0 Å². The summed E-state index contributed by atoms with van der Waals surface area (Å²) < 4.78 is 2.86. The van der Waals surface area contributed by atoms with Crippen LogP contribution in [0.2, 0.25) is 5.02 Å². The summed E-state index contributed by atoms with van der Waals surface area (Å²) in [4.78, 5) is 3.23. The van der Waals surface area contributed by atoms with Gasteiger partial charge in [-0.3, -0.25) is 0 Å². The van der Waals surface area contributed by atoms with E-state index in [9.17, 15) is 0 Å². The quantitative estimate of drug-likeness (QED) is 0.663. The molecule has 0 aliphatic heterocycles. The fraction of sp³-hybridized carbons (Fsp3) is 0.188. The highest BCUT2D eigenvalue weighted by molar-refractivity contribution is 7.71. The summed E-state index contributed by atoms with van der Waals surface area (Å²) in [6, 6.07) is 16.3. The minimum absolute atomic E-state index is 0.390. The van der Waals surface area contributed by atoms with Crippen LogP contribution in [0.5, 0.6) is 0 Å². The van der Waals surface area contributed by atoms with Crippen LogP contribution >= 0.6 is 23.8 Å². The van der Waals surface area contributed by atoms with Crippen molar-refractivity contribution < 1.29 is 0 Å². The van der Waals surface area contributed by atoms with Gasteiger partial charge in [0.25, 0.3) is 0 Å². The Hall–Kier alpha value is -1.58. The average Bonchev–Trinajstić information content (AvgIpc) is 2.76. The Morgan fingerprint density at radius 1 is 1.20 bits per heavy atom. The number of nitrogens with one attached hydrogen (secondary N) is 1. The van der Waals surface area contributed by atoms with Crippen molar-refractivity contribution in [2.45, 2.75) is 19.4 Å². The molecule has 0 saturated heterocycles. The van der Waals surface area contributed by atoms with Crippen LogP contribution < -0.4 is 0 Å². The molecule has 1 atom stereocenters. The Kier molecular flexibility index (Phi) is 3.64. The molecule has 2 nitrogen and oxygen atoms in total. The van der Waals surface area contributed by atoms with Gasteiger partial charge in [-0.15, -0.1) is 0 Å². The lowest BCUT2D eigenvalue weighted by molar-refractivity contribution is 0.605. The average molecular weight is 303 g/mol. The first-order valence-electron chi connectivity index (χ1n) is 6.58. The normalized spacial score (nSPS) is 12.7. The van der Waals surface area contributed by atoms with Gasteiger partial charge in [0.15, 0.2) is 4.77 Å². The monoisotopic (exact) mass is 302 g/mol. The second-order valence-corrected chi connectivity index (χ2v) is 5.84. The summed E-state index contributed by atoms with van der Waals surface area (Å²) in [7, 11) is 0. The predicted molar refractivity (Wildman–Crippen MR) is 87.0 cm³/mol. The number of rotatable bonds is 3. The predicted octanol–water partition coefficient (Wildman–Crippen LogP) is 5.16. The van der Waals surface area contributed by atoms with E-state index in [-0.39, 0.29) is 0 Å². The molecule has 4 heteroatoms. The lowest BCUT2D eigenvalue weighted by Gasteiger charge is -2.13. The second kappa shape index (κ2) is 5.43. The molecular weight excluding hydrogens is 288 g/mol. The zero-order chi connectivity index (χ0) is 14.1. The van der Waals surface area contributed by atoms with Crippen LogP contribution in [0, 0.1) is 4.77 Å². The van der Waals surface area contributed by atoms with E-state index >= 15 is 0 Å². The lowest BCUT2D eigenvalue weighted by Crippen LogP contribution is -2.06. The molecule has 1 unspecified atom stereocenters. The zero-order valence-electron chi connectivity index (χ0n) is 11.1. The number of imidazole rings is 1. The van der Waals surface area contributed by atoms with Crippen molar-refractivity contribution in [3.05, 3.63) is 63.9 Å². The fourth-order valence-corrected chi connectivity index (χ4v) is 2.92. The smallest absolute Gasteiger partial charge is 0.178 e. The SMILES string of the molecule is CC(Cn1c(=S)[nH]c2ccc(Cl)cc21)c1ccccc1. The third kappa shape index (κ3) is 2.51. The lowest BCUT2D eigenvalue weighted by atomic mass is 10.0. The van der Waals surface area contributed by atoms with Gasteiger partial charge in [-0.2, -0.15) is 0 Å². The topological polar surface area (TPSA) is 20.7 Å². The van der Waals surface area contributed by atoms with Gasteiger partial charge in [-0.1, -0.05) is 48.9 Å². The largest absolute Gasteiger partial charge is 0.331 e. The number of aromatic nitrogens is 2. The molecule has 20 heavy (non-hydrogen) atoms. The number of hydrogen-bond donors (Lipinski definition) is 1. The summed E-state index contributed by atoms with van der Waals surface area (Å²) in [6.07, 6.45) is 0. The van der Waals surface area contributed by atoms with E-state index in [2.05, 4.69) is 40.7 Å². The first-order chi connectivity index (χ1) is 9.65. The highest BCUT2D eigenvalue weighted by Gasteiger charge is 2.10. The Morgan fingerprint density at radius 3 is 2.70 bits per heavy atom. The van der Waals surface area contributed by atoms with Gasteiger partial charge in [0.2, 0.25) is 0 Å². The van der Waals surface area contributed by atoms with Crippen LogP contribution in [0.15, 0.2) is 48.5 Å². The van der Waals surface area contributed by atoms with Gasteiger partial charge in [0.05, 0.1) is 11.0 Å². The Bertz CT molecular complexity index is 789. The summed E-state index contributed by atoms with van der Waals surface area (Å²) >= 11 is 11.5. The van der Waals surface area contributed by atoms with Crippen LogP contribution in [0.25, 0.3) is 11.0 Å². The van der Waals surface area contributed by atoms with Crippen LogP contribution in [0.3, 0.4) is 0 Å². The first-order valence-corrected chi connectivity index (χ1v) is 7.37. The standard InChI is InChI=1S/C16H15ClN2S/c1-11(12-5-3-2-4-6-12)10-19-15-9-13(17)7-8-14(15)18-16(19)20/h2-9,11H,10H2,1H3,(H,18,20). The maximum absolute atomic E-state index is 6.09. The maximum Gasteiger partial charge on any atom is 0.178 e. The summed E-state index contributed by atoms with van der Waals surface area (Å²) in [5.41, 5.74) is 3.40. The van der Waals surface area contributed by atoms with Crippen molar-refractivity contribution in [1.82, 2.24) is 9.55 Å². The van der Waals surface area contributed by atoms with Crippen molar-refractivity contribution in [2.75, 3.05) is 0 Å². The van der Waals surface area contributed by atoms with Crippen molar-refractivity contribution in [2.24, 2.45) is 0 Å². The molecule has 0 spiro atoms.